The minimum atomic E-state index is -1.75. The van der Waals surface area contributed by atoms with Crippen molar-refractivity contribution >= 4 is 25.6 Å². The van der Waals surface area contributed by atoms with Crippen LogP contribution in [-0.2, 0) is 10.8 Å². The molecule has 3 aromatic rings. The highest BCUT2D eigenvalue weighted by atomic mass is 28.4. The first-order chi connectivity index (χ1) is 18.5. The number of rotatable bonds is 8. The Morgan fingerprint density at radius 1 is 1.23 bits per heavy atom. The van der Waals surface area contributed by atoms with E-state index in [1.54, 1.807) is 13.2 Å². The summed E-state index contributed by atoms with van der Waals surface area (Å²) in [6.07, 6.45) is 2.81. The number of nitrogens with zero attached hydrogens (tertiary/aromatic N) is 3. The lowest BCUT2D eigenvalue weighted by molar-refractivity contribution is 0.168. The largest absolute Gasteiger partial charge is 0.507 e. The van der Waals surface area contributed by atoms with Crippen LogP contribution in [0.1, 0.15) is 44.7 Å². The van der Waals surface area contributed by atoms with E-state index in [1.165, 1.54) is 0 Å². The maximum atomic E-state index is 11.0. The van der Waals surface area contributed by atoms with Crippen LogP contribution < -0.4 is 14.8 Å². The lowest BCUT2D eigenvalue weighted by Gasteiger charge is -2.38. The Labute approximate surface area is 232 Å². The van der Waals surface area contributed by atoms with E-state index < -0.39 is 8.32 Å². The standard InChI is InChI=1S/C29H42N4O5Si/c1-18-15-22-20(10-13-36-22)25(34)24(18)21-16-23(35-5)26-27(31-21)32-28(38-26)30-19-9-8-11-33(17-19)12-14-37-39(6,7)29(2,3)4/h15-16,19,34H,8-14,17H2,1-7H3,(H,30,31,32)/t19-/m1/s1. The van der Waals surface area contributed by atoms with Crippen molar-refractivity contribution in [2.75, 3.05) is 45.3 Å². The summed E-state index contributed by atoms with van der Waals surface area (Å²) in [5.74, 6) is 1.47. The summed E-state index contributed by atoms with van der Waals surface area (Å²) >= 11 is 0. The number of phenolic OH excluding ortho intramolecular Hbond substituents is 1. The summed E-state index contributed by atoms with van der Waals surface area (Å²) < 4.78 is 23.8. The summed E-state index contributed by atoms with van der Waals surface area (Å²) in [6, 6.07) is 4.40. The zero-order valence-electron chi connectivity index (χ0n) is 24.3. The van der Waals surface area contributed by atoms with E-state index in [1.807, 2.05) is 13.0 Å². The molecule has 1 saturated heterocycles. The molecule has 1 aromatic carbocycles. The second-order valence-corrected chi connectivity index (χ2v) is 17.1. The normalized spacial score (nSPS) is 18.3. The summed E-state index contributed by atoms with van der Waals surface area (Å²) in [5, 5.41) is 14.7. The molecule has 0 amide bonds. The highest BCUT2D eigenvalue weighted by Gasteiger charge is 2.37. The second-order valence-electron chi connectivity index (χ2n) is 12.3. The number of nitrogens with one attached hydrogen (secondary N) is 1. The quantitative estimate of drug-likeness (QED) is 0.337. The van der Waals surface area contributed by atoms with Crippen molar-refractivity contribution in [2.45, 2.75) is 71.1 Å². The van der Waals surface area contributed by atoms with Gasteiger partial charge in [0.15, 0.2) is 14.1 Å². The maximum Gasteiger partial charge on any atom is 0.297 e. The number of hydrogen-bond acceptors (Lipinski definition) is 9. The van der Waals surface area contributed by atoms with Crippen molar-refractivity contribution in [1.29, 1.82) is 0 Å². The van der Waals surface area contributed by atoms with Gasteiger partial charge in [0.25, 0.3) is 6.01 Å². The van der Waals surface area contributed by atoms with E-state index in [-0.39, 0.29) is 16.8 Å². The number of aromatic hydroxyl groups is 1. The first-order valence-corrected chi connectivity index (χ1v) is 16.8. The third-order valence-electron chi connectivity index (χ3n) is 8.48. The predicted molar refractivity (Wildman–Crippen MR) is 156 cm³/mol. The number of aryl methyl sites for hydroxylation is 1. The topological polar surface area (TPSA) is 102 Å². The van der Waals surface area contributed by atoms with Crippen molar-refractivity contribution in [3.8, 4) is 28.5 Å². The summed E-state index contributed by atoms with van der Waals surface area (Å²) in [4.78, 5) is 11.9. The van der Waals surface area contributed by atoms with Gasteiger partial charge in [-0.3, -0.25) is 4.90 Å². The number of pyridine rings is 1. The fourth-order valence-electron chi connectivity index (χ4n) is 5.19. The number of ether oxygens (including phenoxy) is 2. The smallest absolute Gasteiger partial charge is 0.297 e. The second kappa shape index (κ2) is 10.6. The third kappa shape index (κ3) is 5.60. The SMILES string of the molecule is COc1cc(-c2c(C)cc3c(c2O)CCO3)nc2nc(N[C@@H]3CCCN(CCO[Si](C)(C)C(C)(C)C)C3)oc12. The predicted octanol–water partition coefficient (Wildman–Crippen LogP) is 5.75. The van der Waals surface area contributed by atoms with Gasteiger partial charge in [-0.2, -0.15) is 4.98 Å². The fraction of sp³-hybridized carbons (Fsp3) is 0.586. The Balaban J connectivity index is 1.31. The lowest BCUT2D eigenvalue weighted by Crippen LogP contribution is -2.46. The lowest BCUT2D eigenvalue weighted by atomic mass is 9.98. The third-order valence-corrected chi connectivity index (χ3v) is 13.0. The molecule has 2 aliphatic heterocycles. The molecule has 1 atom stereocenters. The van der Waals surface area contributed by atoms with Gasteiger partial charge in [0.2, 0.25) is 11.2 Å². The molecule has 212 valence electrons. The molecular formula is C29H42N4O5Si. The molecule has 0 aliphatic carbocycles. The highest BCUT2D eigenvalue weighted by molar-refractivity contribution is 6.74. The van der Waals surface area contributed by atoms with Crippen LogP contribution in [0.25, 0.3) is 22.5 Å². The Morgan fingerprint density at radius 3 is 2.77 bits per heavy atom. The number of methoxy groups -OCH3 is 1. The molecule has 0 spiro atoms. The van der Waals surface area contributed by atoms with Crippen molar-refractivity contribution < 1.29 is 23.4 Å². The average molecular weight is 555 g/mol. The Hall–Kier alpha value is -2.82. The minimum Gasteiger partial charge on any atom is -0.507 e. The molecule has 2 aromatic heterocycles. The van der Waals surface area contributed by atoms with E-state index in [2.05, 4.69) is 49.1 Å². The first kappa shape index (κ1) is 27.7. The molecule has 0 saturated carbocycles. The number of piperidine rings is 1. The summed E-state index contributed by atoms with van der Waals surface area (Å²) in [5.41, 5.74) is 3.88. The Kier molecular flexibility index (Phi) is 7.56. The van der Waals surface area contributed by atoms with Gasteiger partial charge in [0.05, 0.1) is 19.4 Å². The molecule has 0 unspecified atom stereocenters. The summed E-state index contributed by atoms with van der Waals surface area (Å²) in [7, 11) is -0.146. The number of oxazole rings is 1. The minimum absolute atomic E-state index is 0.207. The summed E-state index contributed by atoms with van der Waals surface area (Å²) in [6.45, 7) is 17.6. The number of aromatic nitrogens is 2. The van der Waals surface area contributed by atoms with Gasteiger partial charge in [-0.15, -0.1) is 0 Å². The van der Waals surface area contributed by atoms with Gasteiger partial charge in [-0.1, -0.05) is 20.8 Å². The van der Waals surface area contributed by atoms with E-state index in [9.17, 15) is 5.11 Å². The van der Waals surface area contributed by atoms with E-state index in [0.717, 1.165) is 56.0 Å². The van der Waals surface area contributed by atoms with Crippen LogP contribution in [0.4, 0.5) is 6.01 Å². The van der Waals surface area contributed by atoms with Gasteiger partial charge in [0.1, 0.15) is 11.5 Å². The number of likely N-dealkylation sites (tertiary alicyclic amines) is 1. The van der Waals surface area contributed by atoms with Crippen molar-refractivity contribution in [3.63, 3.8) is 0 Å². The monoisotopic (exact) mass is 554 g/mol. The van der Waals surface area contributed by atoms with Crippen LogP contribution in [0.3, 0.4) is 0 Å². The van der Waals surface area contributed by atoms with Crippen LogP contribution in [0, 0.1) is 6.92 Å². The van der Waals surface area contributed by atoms with Crippen LogP contribution in [0.2, 0.25) is 18.1 Å². The molecule has 2 N–H and O–H groups in total. The molecule has 0 radical (unpaired) electrons. The first-order valence-electron chi connectivity index (χ1n) is 13.9. The number of benzene rings is 1. The van der Waals surface area contributed by atoms with Crippen LogP contribution >= 0.6 is 0 Å². The molecule has 39 heavy (non-hydrogen) atoms. The van der Waals surface area contributed by atoms with Crippen LogP contribution in [0.5, 0.6) is 17.2 Å². The number of phenols is 1. The van der Waals surface area contributed by atoms with Crippen LogP contribution in [-0.4, -0.2) is 74.3 Å². The van der Waals surface area contributed by atoms with Gasteiger partial charge >= 0.3 is 0 Å². The molecule has 1 fully saturated rings. The van der Waals surface area contributed by atoms with Gasteiger partial charge in [0, 0.05) is 49.4 Å². The van der Waals surface area contributed by atoms with Crippen molar-refractivity contribution in [1.82, 2.24) is 14.9 Å². The maximum absolute atomic E-state index is 11.0. The van der Waals surface area contributed by atoms with E-state index in [0.29, 0.717) is 47.3 Å². The van der Waals surface area contributed by atoms with Gasteiger partial charge in [-0.25, -0.2) is 4.98 Å². The van der Waals surface area contributed by atoms with Crippen molar-refractivity contribution in [3.05, 3.63) is 23.3 Å². The Bertz CT molecular complexity index is 1350. The van der Waals surface area contributed by atoms with Crippen LogP contribution in [0.15, 0.2) is 16.5 Å². The highest BCUT2D eigenvalue weighted by Crippen LogP contribution is 2.44. The zero-order valence-corrected chi connectivity index (χ0v) is 25.3. The van der Waals surface area contributed by atoms with Crippen molar-refractivity contribution in [2.24, 2.45) is 0 Å². The van der Waals surface area contributed by atoms with E-state index >= 15 is 0 Å². The number of hydrogen-bond donors (Lipinski definition) is 2. The molecular weight excluding hydrogens is 512 g/mol. The number of fused-ring (bicyclic) bond motifs is 2. The van der Waals surface area contributed by atoms with Gasteiger partial charge in [-0.05, 0) is 56.1 Å². The number of anilines is 1. The molecule has 0 bridgehead atoms. The zero-order chi connectivity index (χ0) is 27.9. The average Bonchev–Trinajstić information content (AvgIpc) is 3.49. The molecule has 10 heteroatoms. The molecule has 4 heterocycles. The van der Waals surface area contributed by atoms with Gasteiger partial charge < -0.3 is 28.7 Å². The molecule has 5 rings (SSSR count). The fourth-order valence-corrected chi connectivity index (χ4v) is 6.22. The Morgan fingerprint density at radius 2 is 2.03 bits per heavy atom. The molecule has 9 nitrogen and oxygen atoms in total. The van der Waals surface area contributed by atoms with E-state index in [4.69, 9.17) is 23.3 Å². The molecule has 2 aliphatic rings.